The fourth-order valence-electron chi connectivity index (χ4n) is 3.26. The van der Waals surface area contributed by atoms with Crippen molar-refractivity contribution in [1.82, 2.24) is 0 Å². The van der Waals surface area contributed by atoms with Gasteiger partial charge in [-0.15, -0.1) is 0 Å². The molecule has 136 valence electrons. The van der Waals surface area contributed by atoms with Crippen molar-refractivity contribution >= 4 is 11.8 Å². The van der Waals surface area contributed by atoms with Crippen LogP contribution in [0.3, 0.4) is 0 Å². The molecule has 0 fully saturated rings. The van der Waals surface area contributed by atoms with E-state index in [0.29, 0.717) is 0 Å². The number of unbranched alkanes of at least 4 members (excludes halogenated alkanes) is 4. The van der Waals surface area contributed by atoms with Crippen LogP contribution in [-0.4, -0.2) is 0 Å². The van der Waals surface area contributed by atoms with Crippen LogP contribution in [0.4, 0.5) is 0 Å². The lowest BCUT2D eigenvalue weighted by molar-refractivity contribution is 0.710. The second-order valence-corrected chi connectivity index (χ2v) is 8.32. The van der Waals surface area contributed by atoms with E-state index in [1.165, 1.54) is 83.4 Å². The molecule has 0 atom stereocenters. The molecule has 0 spiro atoms. The van der Waals surface area contributed by atoms with Gasteiger partial charge in [-0.3, -0.25) is 0 Å². The summed E-state index contributed by atoms with van der Waals surface area (Å²) in [5, 5.41) is 0. The molecule has 0 amide bonds. The van der Waals surface area contributed by atoms with Crippen molar-refractivity contribution in [2.24, 2.45) is 0 Å². The van der Waals surface area contributed by atoms with Crippen LogP contribution in [0.15, 0.2) is 46.2 Å². The van der Waals surface area contributed by atoms with Crippen LogP contribution in [0.25, 0.3) is 0 Å². The monoisotopic (exact) mass is 354 g/mol. The van der Waals surface area contributed by atoms with Gasteiger partial charge in [0.2, 0.25) is 0 Å². The molecule has 25 heavy (non-hydrogen) atoms. The minimum Gasteiger partial charge on any atom is -0.0895 e. The summed E-state index contributed by atoms with van der Waals surface area (Å²) in [6.45, 7) is 8.97. The fourth-order valence-corrected chi connectivity index (χ4v) is 4.35. The SMILES string of the molecule is CCCCCc1cc(C)ccc1Sc1ccc(C)cc1CCCCC. The first kappa shape index (κ1) is 20.1. The first-order valence-electron chi connectivity index (χ1n) is 10.0. The van der Waals surface area contributed by atoms with Gasteiger partial charge in [-0.05, 0) is 62.8 Å². The molecule has 1 heteroatoms. The van der Waals surface area contributed by atoms with Gasteiger partial charge in [0.15, 0.2) is 0 Å². The summed E-state index contributed by atoms with van der Waals surface area (Å²) in [6, 6.07) is 14.0. The predicted molar refractivity (Wildman–Crippen MR) is 113 cm³/mol. The summed E-state index contributed by atoms with van der Waals surface area (Å²) < 4.78 is 0. The molecule has 2 aromatic carbocycles. The highest BCUT2D eigenvalue weighted by Crippen LogP contribution is 2.35. The average molecular weight is 355 g/mol. The smallest absolute Gasteiger partial charge is 0.0154 e. The zero-order valence-corrected chi connectivity index (χ0v) is 17.3. The highest BCUT2D eigenvalue weighted by Gasteiger charge is 2.09. The van der Waals surface area contributed by atoms with Crippen LogP contribution < -0.4 is 0 Å². The molecule has 0 heterocycles. The molecule has 0 nitrogen and oxygen atoms in total. The molecule has 0 aromatic heterocycles. The van der Waals surface area contributed by atoms with Gasteiger partial charge in [0.05, 0.1) is 0 Å². The number of hydrogen-bond donors (Lipinski definition) is 0. The van der Waals surface area contributed by atoms with E-state index in [2.05, 4.69) is 64.1 Å². The van der Waals surface area contributed by atoms with Crippen LogP contribution in [0.1, 0.15) is 74.6 Å². The molecular weight excluding hydrogens is 320 g/mol. The predicted octanol–water partition coefficient (Wildman–Crippen LogP) is 7.92. The van der Waals surface area contributed by atoms with E-state index in [-0.39, 0.29) is 0 Å². The molecule has 0 aliphatic heterocycles. The second-order valence-electron chi connectivity index (χ2n) is 7.24. The van der Waals surface area contributed by atoms with E-state index in [4.69, 9.17) is 0 Å². The Hall–Kier alpha value is -1.21. The first-order valence-corrected chi connectivity index (χ1v) is 10.8. The Bertz CT molecular complexity index is 600. The molecule has 0 aliphatic rings. The maximum absolute atomic E-state index is 2.39. The van der Waals surface area contributed by atoms with Crippen LogP contribution in [0, 0.1) is 13.8 Å². The lowest BCUT2D eigenvalue weighted by Gasteiger charge is -2.14. The Morgan fingerprint density at radius 2 is 1.08 bits per heavy atom. The largest absolute Gasteiger partial charge is 0.0895 e. The minimum absolute atomic E-state index is 1.20. The highest BCUT2D eigenvalue weighted by molar-refractivity contribution is 7.99. The van der Waals surface area contributed by atoms with E-state index in [1.807, 2.05) is 11.8 Å². The summed E-state index contributed by atoms with van der Waals surface area (Å²) in [5.74, 6) is 0. The van der Waals surface area contributed by atoms with Gasteiger partial charge in [-0.1, -0.05) is 86.7 Å². The van der Waals surface area contributed by atoms with Gasteiger partial charge >= 0.3 is 0 Å². The Kier molecular flexibility index (Phi) is 8.61. The average Bonchev–Trinajstić information content (AvgIpc) is 2.59. The zero-order valence-electron chi connectivity index (χ0n) is 16.5. The number of aryl methyl sites for hydroxylation is 4. The summed E-state index contributed by atoms with van der Waals surface area (Å²) in [5.41, 5.74) is 5.81. The molecular formula is C24H34S. The van der Waals surface area contributed by atoms with E-state index < -0.39 is 0 Å². The maximum atomic E-state index is 2.39. The number of benzene rings is 2. The molecule has 2 aromatic rings. The standard InChI is InChI=1S/C24H34S/c1-5-7-9-11-21-17-19(3)13-15-23(21)25-24-16-14-20(4)18-22(24)12-10-8-6-2/h13-18H,5-12H2,1-4H3. The third-order valence-electron chi connectivity index (χ3n) is 4.75. The van der Waals surface area contributed by atoms with E-state index in [9.17, 15) is 0 Å². The maximum Gasteiger partial charge on any atom is 0.0154 e. The Balaban J connectivity index is 2.20. The van der Waals surface area contributed by atoms with Crippen LogP contribution in [0.5, 0.6) is 0 Å². The summed E-state index contributed by atoms with van der Waals surface area (Å²) in [4.78, 5) is 2.89. The van der Waals surface area contributed by atoms with Gasteiger partial charge in [-0.2, -0.15) is 0 Å². The number of hydrogen-bond acceptors (Lipinski definition) is 1. The Morgan fingerprint density at radius 3 is 1.48 bits per heavy atom. The van der Waals surface area contributed by atoms with Crippen LogP contribution in [-0.2, 0) is 12.8 Å². The van der Waals surface area contributed by atoms with Crippen LogP contribution >= 0.6 is 11.8 Å². The van der Waals surface area contributed by atoms with Crippen molar-refractivity contribution in [3.8, 4) is 0 Å². The molecule has 0 bridgehead atoms. The van der Waals surface area contributed by atoms with E-state index >= 15 is 0 Å². The fraction of sp³-hybridized carbons (Fsp3) is 0.500. The Morgan fingerprint density at radius 1 is 0.640 bits per heavy atom. The first-order chi connectivity index (χ1) is 12.1. The van der Waals surface area contributed by atoms with Gasteiger partial charge in [0.25, 0.3) is 0 Å². The van der Waals surface area contributed by atoms with Crippen molar-refractivity contribution in [3.63, 3.8) is 0 Å². The molecule has 0 saturated heterocycles. The van der Waals surface area contributed by atoms with E-state index in [0.717, 1.165) is 0 Å². The molecule has 2 rings (SSSR count). The third kappa shape index (κ3) is 6.55. The van der Waals surface area contributed by atoms with Crippen LogP contribution in [0.2, 0.25) is 0 Å². The van der Waals surface area contributed by atoms with Gasteiger partial charge < -0.3 is 0 Å². The van der Waals surface area contributed by atoms with Gasteiger partial charge in [0.1, 0.15) is 0 Å². The van der Waals surface area contributed by atoms with Gasteiger partial charge in [-0.25, -0.2) is 0 Å². The van der Waals surface area contributed by atoms with Crippen molar-refractivity contribution in [2.75, 3.05) is 0 Å². The number of rotatable bonds is 10. The summed E-state index contributed by atoms with van der Waals surface area (Å²) >= 11 is 1.97. The lowest BCUT2D eigenvalue weighted by Crippen LogP contribution is -1.94. The molecule has 0 radical (unpaired) electrons. The van der Waals surface area contributed by atoms with Crippen molar-refractivity contribution in [2.45, 2.75) is 88.9 Å². The molecule has 0 unspecified atom stereocenters. The zero-order chi connectivity index (χ0) is 18.1. The third-order valence-corrected chi connectivity index (χ3v) is 5.99. The van der Waals surface area contributed by atoms with E-state index in [1.54, 1.807) is 0 Å². The summed E-state index contributed by atoms with van der Waals surface area (Å²) in [6.07, 6.45) is 10.2. The highest BCUT2D eigenvalue weighted by atomic mass is 32.2. The lowest BCUT2D eigenvalue weighted by atomic mass is 10.0. The quantitative estimate of drug-likeness (QED) is 0.390. The summed E-state index contributed by atoms with van der Waals surface area (Å²) in [7, 11) is 0. The normalized spacial score (nSPS) is 11.0. The Labute approximate surface area is 159 Å². The van der Waals surface area contributed by atoms with Crippen molar-refractivity contribution in [3.05, 3.63) is 58.7 Å². The van der Waals surface area contributed by atoms with Gasteiger partial charge in [0, 0.05) is 9.79 Å². The molecule has 0 saturated carbocycles. The minimum atomic E-state index is 1.20. The molecule has 0 N–H and O–H groups in total. The van der Waals surface area contributed by atoms with Crippen molar-refractivity contribution in [1.29, 1.82) is 0 Å². The second kappa shape index (κ2) is 10.7. The molecule has 0 aliphatic carbocycles. The van der Waals surface area contributed by atoms with Crippen molar-refractivity contribution < 1.29 is 0 Å². The topological polar surface area (TPSA) is 0 Å².